The van der Waals surface area contributed by atoms with E-state index in [4.69, 9.17) is 15.2 Å². The number of nitrogens with two attached hydrogens (primary N) is 1. The van der Waals surface area contributed by atoms with E-state index in [1.165, 1.54) is 0 Å². The molecule has 1 aromatic carbocycles. The van der Waals surface area contributed by atoms with Crippen molar-refractivity contribution in [2.75, 3.05) is 5.73 Å². The number of nitrogen functional groups attached to an aromatic ring is 1. The van der Waals surface area contributed by atoms with Gasteiger partial charge >= 0.3 is 5.97 Å². The van der Waals surface area contributed by atoms with Crippen LogP contribution in [0.15, 0.2) is 29.2 Å². The second kappa shape index (κ2) is 7.14. The second-order valence-corrected chi connectivity index (χ2v) is 8.39. The summed E-state index contributed by atoms with van der Waals surface area (Å²) in [6.45, 7) is 10.1. The van der Waals surface area contributed by atoms with E-state index in [-0.39, 0.29) is 28.7 Å². The number of hydrogen-bond acceptors (Lipinski definition) is 5. The highest BCUT2D eigenvalue weighted by molar-refractivity contribution is 8.00. The number of esters is 1. The fourth-order valence-electron chi connectivity index (χ4n) is 2.68. The van der Waals surface area contributed by atoms with Gasteiger partial charge in [-0.05, 0) is 25.5 Å². The van der Waals surface area contributed by atoms with E-state index in [2.05, 4.69) is 6.92 Å². The number of benzene rings is 1. The first-order valence-corrected chi connectivity index (χ1v) is 8.99. The third-order valence-electron chi connectivity index (χ3n) is 4.05. The molecule has 0 unspecified atom stereocenters. The van der Waals surface area contributed by atoms with Gasteiger partial charge in [0.2, 0.25) is 6.29 Å². The summed E-state index contributed by atoms with van der Waals surface area (Å²) in [5, 5.41) is 0.0723. The number of hydrogen-bond donors (Lipinski definition) is 1. The summed E-state index contributed by atoms with van der Waals surface area (Å²) in [6, 6.07) is 7.74. The fourth-order valence-corrected chi connectivity index (χ4v) is 4.01. The van der Waals surface area contributed by atoms with Crippen LogP contribution in [0.25, 0.3) is 0 Å². The monoisotopic (exact) mass is 337 g/mol. The molecule has 1 aliphatic rings. The Morgan fingerprint density at radius 1 is 1.30 bits per heavy atom. The fraction of sp³-hybridized carbons (Fsp3) is 0.611. The Morgan fingerprint density at radius 2 is 1.96 bits per heavy atom. The predicted molar refractivity (Wildman–Crippen MR) is 94.2 cm³/mol. The normalized spacial score (nSPS) is 26.7. The van der Waals surface area contributed by atoms with Crippen LogP contribution in [0.1, 0.15) is 41.0 Å². The average molecular weight is 337 g/mol. The zero-order valence-electron chi connectivity index (χ0n) is 14.5. The maximum atomic E-state index is 12.6. The molecule has 1 fully saturated rings. The molecule has 0 aromatic heterocycles. The quantitative estimate of drug-likeness (QED) is 0.509. The number of ether oxygens (including phenoxy) is 2. The van der Waals surface area contributed by atoms with E-state index in [1.54, 1.807) is 11.8 Å². The molecule has 23 heavy (non-hydrogen) atoms. The molecule has 2 N–H and O–H groups in total. The predicted octanol–water partition coefficient (Wildman–Crippen LogP) is 4.09. The minimum atomic E-state index is -0.495. The molecule has 5 heteroatoms. The van der Waals surface area contributed by atoms with Gasteiger partial charge in [-0.15, -0.1) is 11.8 Å². The molecule has 4 nitrogen and oxygen atoms in total. The van der Waals surface area contributed by atoms with E-state index < -0.39 is 6.29 Å². The zero-order chi connectivity index (χ0) is 17.2. The van der Waals surface area contributed by atoms with Gasteiger partial charge in [0, 0.05) is 21.2 Å². The number of carbonyl (C=O) groups excluding carboxylic acids is 1. The van der Waals surface area contributed by atoms with E-state index in [1.807, 2.05) is 52.0 Å². The summed E-state index contributed by atoms with van der Waals surface area (Å²) in [7, 11) is 0. The van der Waals surface area contributed by atoms with Crippen LogP contribution in [0.3, 0.4) is 0 Å². The molecule has 0 spiro atoms. The lowest BCUT2D eigenvalue weighted by atomic mass is 9.92. The molecule has 0 amide bonds. The second-order valence-electron chi connectivity index (χ2n) is 7.10. The van der Waals surface area contributed by atoms with Crippen molar-refractivity contribution < 1.29 is 14.3 Å². The SMILES string of the molecule is CC[C@H](Sc1ccccc1N)[C@H]1C(=O)O[C@H](C(C)(C)C)O[C@@H]1C. The third-order valence-corrected chi connectivity index (χ3v) is 5.60. The summed E-state index contributed by atoms with van der Waals surface area (Å²) in [4.78, 5) is 13.6. The van der Waals surface area contributed by atoms with Crippen molar-refractivity contribution in [3.8, 4) is 0 Å². The topological polar surface area (TPSA) is 61.6 Å². The molecule has 0 bridgehead atoms. The summed E-state index contributed by atoms with van der Waals surface area (Å²) < 4.78 is 11.6. The Balaban J connectivity index is 2.15. The summed E-state index contributed by atoms with van der Waals surface area (Å²) in [5.41, 5.74) is 6.54. The Kier molecular flexibility index (Phi) is 5.63. The maximum absolute atomic E-state index is 12.6. The van der Waals surface area contributed by atoms with Gasteiger partial charge in [-0.2, -0.15) is 0 Å². The minimum Gasteiger partial charge on any atom is -0.435 e. The Hall–Kier alpha value is -1.20. The standard InChI is InChI=1S/C18H27NO3S/c1-6-13(23-14-10-8-7-9-12(14)19)15-11(2)21-17(18(3,4)5)22-16(15)20/h7-11,13,15,17H,6,19H2,1-5H3/t11-,13+,15+,17-/m1/s1. The van der Waals surface area contributed by atoms with Gasteiger partial charge in [0.05, 0.1) is 12.0 Å². The van der Waals surface area contributed by atoms with Crippen molar-refractivity contribution in [1.82, 2.24) is 0 Å². The number of carbonyl (C=O) groups is 1. The first-order chi connectivity index (χ1) is 10.7. The molecule has 1 saturated heterocycles. The van der Waals surface area contributed by atoms with Crippen LogP contribution >= 0.6 is 11.8 Å². The molecule has 1 aliphatic heterocycles. The van der Waals surface area contributed by atoms with Crippen LogP contribution in [0.5, 0.6) is 0 Å². The number of anilines is 1. The van der Waals surface area contributed by atoms with Crippen molar-refractivity contribution in [3.63, 3.8) is 0 Å². The van der Waals surface area contributed by atoms with E-state index in [9.17, 15) is 4.79 Å². The molecule has 128 valence electrons. The molecule has 0 radical (unpaired) electrons. The Bertz CT molecular complexity index is 555. The van der Waals surface area contributed by atoms with Gasteiger partial charge in [-0.3, -0.25) is 4.79 Å². The van der Waals surface area contributed by atoms with Crippen molar-refractivity contribution in [1.29, 1.82) is 0 Å². The van der Waals surface area contributed by atoms with Crippen molar-refractivity contribution >= 4 is 23.4 Å². The number of thioether (sulfide) groups is 1. The molecular formula is C18H27NO3S. The summed E-state index contributed by atoms with van der Waals surface area (Å²) in [5.74, 6) is -0.458. The number of para-hydroxylation sites is 1. The molecule has 0 saturated carbocycles. The number of rotatable bonds is 4. The summed E-state index contributed by atoms with van der Waals surface area (Å²) >= 11 is 1.63. The largest absolute Gasteiger partial charge is 0.435 e. The Labute approximate surface area is 143 Å². The van der Waals surface area contributed by atoms with Gasteiger partial charge in [-0.25, -0.2) is 0 Å². The van der Waals surface area contributed by atoms with Crippen molar-refractivity contribution in [2.45, 2.75) is 63.6 Å². The highest BCUT2D eigenvalue weighted by Gasteiger charge is 2.45. The van der Waals surface area contributed by atoms with Crippen LogP contribution in [0, 0.1) is 11.3 Å². The molecule has 2 rings (SSSR count). The van der Waals surface area contributed by atoms with Crippen LogP contribution < -0.4 is 5.73 Å². The lowest BCUT2D eigenvalue weighted by molar-refractivity contribution is -0.253. The zero-order valence-corrected chi connectivity index (χ0v) is 15.4. The highest BCUT2D eigenvalue weighted by Crippen LogP contribution is 2.40. The summed E-state index contributed by atoms with van der Waals surface area (Å²) in [6.07, 6.45) is 0.167. The lowest BCUT2D eigenvalue weighted by Crippen LogP contribution is -2.50. The molecule has 1 aromatic rings. The highest BCUT2D eigenvalue weighted by atomic mass is 32.2. The molecule has 0 aliphatic carbocycles. The van der Waals surface area contributed by atoms with Crippen molar-refractivity contribution in [3.05, 3.63) is 24.3 Å². The van der Waals surface area contributed by atoms with Gasteiger partial charge in [0.15, 0.2) is 0 Å². The van der Waals surface area contributed by atoms with Crippen molar-refractivity contribution in [2.24, 2.45) is 11.3 Å². The first-order valence-electron chi connectivity index (χ1n) is 8.11. The third kappa shape index (κ3) is 4.21. The van der Waals surface area contributed by atoms with E-state index in [0.29, 0.717) is 0 Å². The van der Waals surface area contributed by atoms with Gasteiger partial charge < -0.3 is 15.2 Å². The van der Waals surface area contributed by atoms with Crippen LogP contribution in [0.2, 0.25) is 0 Å². The van der Waals surface area contributed by atoms with E-state index in [0.717, 1.165) is 17.0 Å². The smallest absolute Gasteiger partial charge is 0.315 e. The van der Waals surface area contributed by atoms with Crippen LogP contribution in [0.4, 0.5) is 5.69 Å². The van der Waals surface area contributed by atoms with Gasteiger partial charge in [-0.1, -0.05) is 39.8 Å². The first kappa shape index (κ1) is 18.1. The van der Waals surface area contributed by atoms with Gasteiger partial charge in [0.1, 0.15) is 0 Å². The number of cyclic esters (lactones) is 1. The average Bonchev–Trinajstić information content (AvgIpc) is 2.46. The maximum Gasteiger partial charge on any atom is 0.315 e. The minimum absolute atomic E-state index is 0.0723. The van der Waals surface area contributed by atoms with Gasteiger partial charge in [0.25, 0.3) is 0 Å². The molecular weight excluding hydrogens is 310 g/mol. The van der Waals surface area contributed by atoms with Crippen LogP contribution in [-0.4, -0.2) is 23.6 Å². The van der Waals surface area contributed by atoms with Crippen LogP contribution in [-0.2, 0) is 14.3 Å². The molecule has 1 heterocycles. The Morgan fingerprint density at radius 3 is 2.48 bits per heavy atom. The van der Waals surface area contributed by atoms with E-state index >= 15 is 0 Å². The lowest BCUT2D eigenvalue weighted by Gasteiger charge is -2.41. The molecule has 4 atom stereocenters.